The van der Waals surface area contributed by atoms with Gasteiger partial charge in [-0.05, 0) is 36.8 Å². The molecular weight excluding hydrogens is 395 g/mol. The zero-order valence-electron chi connectivity index (χ0n) is 15.7. The van der Waals surface area contributed by atoms with Crippen LogP contribution in [0.3, 0.4) is 0 Å². The molecule has 0 saturated carbocycles. The number of carbonyl (C=O) groups excluding carboxylic acids is 1. The van der Waals surface area contributed by atoms with Crippen molar-refractivity contribution in [2.24, 2.45) is 0 Å². The smallest absolute Gasteiger partial charge is 0.266 e. The zero-order valence-corrected chi connectivity index (χ0v) is 17.2. The largest absolute Gasteiger partial charge is 0.493 e. The Morgan fingerprint density at radius 3 is 2.71 bits per heavy atom. The summed E-state index contributed by atoms with van der Waals surface area (Å²) in [6.07, 6.45) is 5.92. The van der Waals surface area contributed by atoms with E-state index in [9.17, 15) is 10.1 Å². The number of unbranched alkanes of at least 4 members (excludes halogenated alkanes) is 3. The predicted molar refractivity (Wildman–Crippen MR) is 115 cm³/mol. The fourth-order valence-electron chi connectivity index (χ4n) is 2.53. The standard InChI is InChI=1S/C22H22Cl2N2O2/c1-2-3-4-7-12-28-21-9-6-5-8-16(21)13-17(15-25)22(27)26-20-14-18(23)10-11-19(20)24/h5-6,8-11,13-14H,2-4,7,12H2,1H3,(H,26,27)/b17-13+. The van der Waals surface area contributed by atoms with Crippen LogP contribution < -0.4 is 10.1 Å². The number of benzene rings is 2. The summed E-state index contributed by atoms with van der Waals surface area (Å²) in [7, 11) is 0. The number of nitriles is 1. The number of anilines is 1. The Bertz CT molecular complexity index is 888. The van der Waals surface area contributed by atoms with Crippen LogP contribution in [0.4, 0.5) is 5.69 Å². The van der Waals surface area contributed by atoms with Crippen LogP contribution in [0.1, 0.15) is 38.2 Å². The van der Waals surface area contributed by atoms with Gasteiger partial charge in [-0.2, -0.15) is 5.26 Å². The summed E-state index contributed by atoms with van der Waals surface area (Å²) in [5, 5.41) is 12.8. The molecule has 4 nitrogen and oxygen atoms in total. The van der Waals surface area contributed by atoms with E-state index in [1.807, 2.05) is 24.3 Å². The minimum atomic E-state index is -0.565. The van der Waals surface area contributed by atoms with Crippen molar-refractivity contribution >= 4 is 40.9 Å². The van der Waals surface area contributed by atoms with Crippen molar-refractivity contribution < 1.29 is 9.53 Å². The van der Waals surface area contributed by atoms with Crippen LogP contribution >= 0.6 is 23.2 Å². The number of nitrogens with zero attached hydrogens (tertiary/aromatic N) is 1. The molecule has 1 amide bonds. The molecule has 0 fully saturated rings. The lowest BCUT2D eigenvalue weighted by atomic mass is 10.1. The van der Waals surface area contributed by atoms with Crippen LogP contribution in [0.15, 0.2) is 48.0 Å². The summed E-state index contributed by atoms with van der Waals surface area (Å²) in [5.74, 6) is 0.0738. The molecule has 0 aliphatic heterocycles. The van der Waals surface area contributed by atoms with E-state index in [1.165, 1.54) is 18.6 Å². The van der Waals surface area contributed by atoms with Crippen LogP contribution in [0, 0.1) is 11.3 Å². The van der Waals surface area contributed by atoms with Gasteiger partial charge in [0.05, 0.1) is 17.3 Å². The number of hydrogen-bond donors (Lipinski definition) is 1. The molecule has 0 aliphatic rings. The molecule has 1 N–H and O–H groups in total. The monoisotopic (exact) mass is 416 g/mol. The molecule has 2 rings (SSSR count). The first-order chi connectivity index (χ1) is 13.5. The second kappa shape index (κ2) is 11.4. The van der Waals surface area contributed by atoms with Gasteiger partial charge in [0.15, 0.2) is 0 Å². The van der Waals surface area contributed by atoms with Crippen LogP contribution in [0.5, 0.6) is 5.75 Å². The van der Waals surface area contributed by atoms with Crippen molar-refractivity contribution in [1.29, 1.82) is 5.26 Å². The van der Waals surface area contributed by atoms with Gasteiger partial charge < -0.3 is 10.1 Å². The Morgan fingerprint density at radius 1 is 1.18 bits per heavy atom. The van der Waals surface area contributed by atoms with Crippen LogP contribution in [0.25, 0.3) is 6.08 Å². The SMILES string of the molecule is CCCCCCOc1ccccc1/C=C(\C#N)C(=O)Nc1cc(Cl)ccc1Cl. The highest BCUT2D eigenvalue weighted by molar-refractivity contribution is 6.36. The van der Waals surface area contributed by atoms with Crippen molar-refractivity contribution in [1.82, 2.24) is 0 Å². The number of rotatable bonds is 9. The molecule has 0 atom stereocenters. The highest BCUT2D eigenvalue weighted by Gasteiger charge is 2.13. The van der Waals surface area contributed by atoms with Crippen LogP contribution in [0.2, 0.25) is 10.0 Å². The summed E-state index contributed by atoms with van der Waals surface area (Å²) in [5.41, 5.74) is 0.959. The molecule has 0 aromatic heterocycles. The first-order valence-electron chi connectivity index (χ1n) is 9.15. The van der Waals surface area contributed by atoms with E-state index < -0.39 is 5.91 Å². The molecule has 2 aromatic carbocycles. The Hall–Kier alpha value is -2.48. The summed E-state index contributed by atoms with van der Waals surface area (Å²) in [6.45, 7) is 2.75. The van der Waals surface area contributed by atoms with Crippen LogP contribution in [-0.2, 0) is 4.79 Å². The summed E-state index contributed by atoms with van der Waals surface area (Å²) >= 11 is 12.0. The number of nitrogens with one attached hydrogen (secondary N) is 1. The first-order valence-corrected chi connectivity index (χ1v) is 9.90. The molecule has 2 aromatic rings. The summed E-state index contributed by atoms with van der Waals surface area (Å²) < 4.78 is 5.84. The van der Waals surface area contributed by atoms with Gasteiger partial charge in [-0.15, -0.1) is 0 Å². The number of hydrogen-bond acceptors (Lipinski definition) is 3. The Labute approximate surface area is 175 Å². The van der Waals surface area contributed by atoms with E-state index in [0.717, 1.165) is 19.3 Å². The quantitative estimate of drug-likeness (QED) is 0.288. The third-order valence-corrected chi connectivity index (χ3v) is 4.58. The average molecular weight is 417 g/mol. The minimum Gasteiger partial charge on any atom is -0.493 e. The maximum absolute atomic E-state index is 12.5. The lowest BCUT2D eigenvalue weighted by Gasteiger charge is -2.10. The third kappa shape index (κ3) is 6.60. The molecule has 28 heavy (non-hydrogen) atoms. The van der Waals surface area contributed by atoms with E-state index in [-0.39, 0.29) is 5.57 Å². The molecule has 0 heterocycles. The van der Waals surface area contributed by atoms with Crippen LogP contribution in [-0.4, -0.2) is 12.5 Å². The van der Waals surface area contributed by atoms with E-state index in [1.54, 1.807) is 18.2 Å². The molecule has 0 spiro atoms. The molecule has 0 radical (unpaired) electrons. The van der Waals surface area contributed by atoms with Gasteiger partial charge in [0.1, 0.15) is 17.4 Å². The Balaban J connectivity index is 2.14. The van der Waals surface area contributed by atoms with Crippen molar-refractivity contribution in [3.8, 4) is 11.8 Å². The molecule has 0 aliphatic carbocycles. The van der Waals surface area contributed by atoms with Crippen molar-refractivity contribution in [3.05, 3.63) is 63.6 Å². The lowest BCUT2D eigenvalue weighted by Crippen LogP contribution is -2.13. The fourth-order valence-corrected chi connectivity index (χ4v) is 2.87. The second-order valence-electron chi connectivity index (χ2n) is 6.20. The van der Waals surface area contributed by atoms with E-state index in [4.69, 9.17) is 27.9 Å². The maximum atomic E-state index is 12.5. The Morgan fingerprint density at radius 2 is 1.96 bits per heavy atom. The molecule has 0 unspecified atom stereocenters. The summed E-state index contributed by atoms with van der Waals surface area (Å²) in [4.78, 5) is 12.5. The predicted octanol–water partition coefficient (Wildman–Crippen LogP) is 6.50. The fraction of sp³-hybridized carbons (Fsp3) is 0.273. The maximum Gasteiger partial charge on any atom is 0.266 e. The number of amides is 1. The molecule has 146 valence electrons. The average Bonchev–Trinajstić information content (AvgIpc) is 2.69. The number of halogens is 2. The van der Waals surface area contributed by atoms with Gasteiger partial charge in [0, 0.05) is 10.6 Å². The zero-order chi connectivity index (χ0) is 20.4. The molecule has 6 heteroatoms. The highest BCUT2D eigenvalue weighted by atomic mass is 35.5. The molecule has 0 saturated heterocycles. The molecule has 0 bridgehead atoms. The van der Waals surface area contributed by atoms with Gasteiger partial charge >= 0.3 is 0 Å². The van der Waals surface area contributed by atoms with Crippen molar-refractivity contribution in [2.75, 3.05) is 11.9 Å². The van der Waals surface area contributed by atoms with Crippen molar-refractivity contribution in [2.45, 2.75) is 32.6 Å². The molecular formula is C22H22Cl2N2O2. The minimum absolute atomic E-state index is 0.0573. The lowest BCUT2D eigenvalue weighted by molar-refractivity contribution is -0.112. The van der Waals surface area contributed by atoms with Gasteiger partial charge in [0.2, 0.25) is 0 Å². The topological polar surface area (TPSA) is 62.1 Å². The first kappa shape index (κ1) is 21.8. The van der Waals surface area contributed by atoms with Gasteiger partial charge in [-0.25, -0.2) is 0 Å². The van der Waals surface area contributed by atoms with Gasteiger partial charge in [-0.3, -0.25) is 4.79 Å². The van der Waals surface area contributed by atoms with E-state index in [2.05, 4.69) is 12.2 Å². The van der Waals surface area contributed by atoms with E-state index in [0.29, 0.717) is 33.7 Å². The Kier molecular flexibility index (Phi) is 8.87. The summed E-state index contributed by atoms with van der Waals surface area (Å²) in [6, 6.07) is 14.0. The van der Waals surface area contributed by atoms with E-state index >= 15 is 0 Å². The van der Waals surface area contributed by atoms with Gasteiger partial charge in [-0.1, -0.05) is 67.6 Å². The number of para-hydroxylation sites is 1. The normalized spacial score (nSPS) is 11.0. The highest BCUT2D eigenvalue weighted by Crippen LogP contribution is 2.26. The number of carbonyl (C=O) groups is 1. The van der Waals surface area contributed by atoms with Crippen molar-refractivity contribution in [3.63, 3.8) is 0 Å². The second-order valence-corrected chi connectivity index (χ2v) is 7.04. The van der Waals surface area contributed by atoms with Gasteiger partial charge in [0.25, 0.3) is 5.91 Å². The number of ether oxygens (including phenoxy) is 1. The third-order valence-electron chi connectivity index (χ3n) is 4.02.